The number of benzene rings is 1. The van der Waals surface area contributed by atoms with Crippen LogP contribution in [0.3, 0.4) is 0 Å². The second kappa shape index (κ2) is 8.26. The lowest BCUT2D eigenvalue weighted by atomic mass is 10.1. The maximum Gasteiger partial charge on any atom is 0.333 e. The van der Waals surface area contributed by atoms with Gasteiger partial charge in [0.25, 0.3) is 0 Å². The summed E-state index contributed by atoms with van der Waals surface area (Å²) in [6.45, 7) is 0.562. The number of ether oxygens (including phenoxy) is 1. The zero-order chi connectivity index (χ0) is 14.1. The van der Waals surface area contributed by atoms with Crippen LogP contribution in [0.15, 0.2) is 30.3 Å². The minimum atomic E-state index is -0.753. The molecule has 0 aliphatic rings. The lowest BCUT2D eigenvalue weighted by molar-refractivity contribution is -0.145. The predicted molar refractivity (Wildman–Crippen MR) is 72.2 cm³/mol. The van der Waals surface area contributed by atoms with E-state index in [4.69, 9.17) is 10.5 Å². The van der Waals surface area contributed by atoms with Crippen LogP contribution in [-0.4, -0.2) is 25.5 Å². The Balaban J connectivity index is 2.66. The van der Waals surface area contributed by atoms with Gasteiger partial charge in [-0.25, -0.2) is 4.79 Å². The van der Waals surface area contributed by atoms with Crippen molar-refractivity contribution in [3.05, 3.63) is 35.9 Å². The number of nitrogens with two attached hydrogens (primary N) is 1. The standard InChI is InChI=1S/C14H20N2O3/c1-19-14(18)13(11-7-3-2-4-8-11)16-12(17)9-5-6-10-15/h2-4,7-8,13H,5-6,9-10,15H2,1H3,(H,16,17). The Labute approximate surface area is 113 Å². The van der Waals surface area contributed by atoms with Crippen molar-refractivity contribution in [1.29, 1.82) is 0 Å². The normalized spacial score (nSPS) is 11.7. The number of nitrogens with one attached hydrogen (secondary N) is 1. The maximum absolute atomic E-state index is 11.8. The highest BCUT2D eigenvalue weighted by Gasteiger charge is 2.22. The summed E-state index contributed by atoms with van der Waals surface area (Å²) in [6, 6.07) is 8.28. The first-order chi connectivity index (χ1) is 9.19. The first-order valence-electron chi connectivity index (χ1n) is 6.31. The van der Waals surface area contributed by atoms with Gasteiger partial charge in [0.1, 0.15) is 0 Å². The Kier molecular flexibility index (Phi) is 6.60. The first kappa shape index (κ1) is 15.2. The average molecular weight is 264 g/mol. The van der Waals surface area contributed by atoms with E-state index in [-0.39, 0.29) is 5.91 Å². The quantitative estimate of drug-likeness (QED) is 0.571. The van der Waals surface area contributed by atoms with Crippen molar-refractivity contribution >= 4 is 11.9 Å². The molecule has 0 aliphatic carbocycles. The Morgan fingerprint density at radius 3 is 2.53 bits per heavy atom. The summed E-state index contributed by atoms with van der Waals surface area (Å²) in [5.74, 6) is -0.647. The molecular weight excluding hydrogens is 244 g/mol. The summed E-state index contributed by atoms with van der Waals surface area (Å²) in [5.41, 5.74) is 6.08. The molecule has 104 valence electrons. The summed E-state index contributed by atoms with van der Waals surface area (Å²) in [4.78, 5) is 23.5. The van der Waals surface area contributed by atoms with Gasteiger partial charge in [0, 0.05) is 6.42 Å². The second-order valence-corrected chi connectivity index (χ2v) is 4.18. The molecule has 1 aromatic carbocycles. The lowest BCUT2D eigenvalue weighted by Crippen LogP contribution is -2.34. The van der Waals surface area contributed by atoms with Crippen molar-refractivity contribution in [3.63, 3.8) is 0 Å². The third kappa shape index (κ3) is 5.09. The van der Waals surface area contributed by atoms with E-state index < -0.39 is 12.0 Å². The van der Waals surface area contributed by atoms with Gasteiger partial charge in [-0.2, -0.15) is 0 Å². The highest BCUT2D eigenvalue weighted by Crippen LogP contribution is 2.14. The van der Waals surface area contributed by atoms with Crippen molar-refractivity contribution < 1.29 is 14.3 Å². The zero-order valence-corrected chi connectivity index (χ0v) is 11.1. The van der Waals surface area contributed by atoms with E-state index in [0.29, 0.717) is 24.9 Å². The van der Waals surface area contributed by atoms with Crippen molar-refractivity contribution in [2.24, 2.45) is 5.73 Å². The Hall–Kier alpha value is -1.88. The minimum Gasteiger partial charge on any atom is -0.467 e. The highest BCUT2D eigenvalue weighted by atomic mass is 16.5. The maximum atomic E-state index is 11.8. The molecule has 0 aliphatic heterocycles. The van der Waals surface area contributed by atoms with Crippen LogP contribution in [0.5, 0.6) is 0 Å². The third-order valence-electron chi connectivity index (χ3n) is 2.73. The van der Waals surface area contributed by atoms with Crippen LogP contribution in [0.25, 0.3) is 0 Å². The second-order valence-electron chi connectivity index (χ2n) is 4.18. The van der Waals surface area contributed by atoms with Gasteiger partial charge in [0.15, 0.2) is 6.04 Å². The molecule has 0 bridgehead atoms. The van der Waals surface area contributed by atoms with Gasteiger partial charge in [0.05, 0.1) is 7.11 Å². The van der Waals surface area contributed by atoms with Crippen LogP contribution in [-0.2, 0) is 14.3 Å². The molecule has 1 unspecified atom stereocenters. The van der Waals surface area contributed by atoms with Crippen LogP contribution in [0.1, 0.15) is 30.9 Å². The molecule has 0 aromatic heterocycles. The SMILES string of the molecule is COC(=O)C(NC(=O)CCCCN)c1ccccc1. The largest absolute Gasteiger partial charge is 0.467 e. The molecule has 0 spiro atoms. The smallest absolute Gasteiger partial charge is 0.333 e. The first-order valence-corrected chi connectivity index (χ1v) is 6.31. The number of amides is 1. The number of carbonyl (C=O) groups excluding carboxylic acids is 2. The van der Waals surface area contributed by atoms with Gasteiger partial charge in [-0.15, -0.1) is 0 Å². The molecule has 1 rings (SSSR count). The molecule has 0 saturated heterocycles. The van der Waals surface area contributed by atoms with E-state index in [0.717, 1.165) is 6.42 Å². The van der Waals surface area contributed by atoms with E-state index in [2.05, 4.69) is 5.32 Å². The predicted octanol–water partition coefficient (Wildman–Crippen LogP) is 1.15. The molecule has 1 amide bonds. The number of methoxy groups -OCH3 is 1. The molecule has 1 atom stereocenters. The van der Waals surface area contributed by atoms with E-state index in [1.807, 2.05) is 18.2 Å². The third-order valence-corrected chi connectivity index (χ3v) is 2.73. The van der Waals surface area contributed by atoms with Gasteiger partial charge in [-0.3, -0.25) is 4.79 Å². The summed E-state index contributed by atoms with van der Waals surface area (Å²) in [5, 5.41) is 2.69. The molecule has 0 saturated carbocycles. The topological polar surface area (TPSA) is 81.4 Å². The minimum absolute atomic E-state index is 0.173. The number of hydrogen-bond acceptors (Lipinski definition) is 4. The lowest BCUT2D eigenvalue weighted by Gasteiger charge is -2.16. The molecule has 0 fully saturated rings. The Bertz CT molecular complexity index is 406. The summed E-state index contributed by atoms with van der Waals surface area (Å²) >= 11 is 0. The number of carbonyl (C=O) groups is 2. The van der Waals surface area contributed by atoms with E-state index in [9.17, 15) is 9.59 Å². The fourth-order valence-electron chi connectivity index (χ4n) is 1.70. The molecule has 0 heterocycles. The van der Waals surface area contributed by atoms with Gasteiger partial charge < -0.3 is 15.8 Å². The van der Waals surface area contributed by atoms with Crippen molar-refractivity contribution in [3.8, 4) is 0 Å². The number of rotatable bonds is 7. The van der Waals surface area contributed by atoms with Crippen LogP contribution in [0.2, 0.25) is 0 Å². The molecular formula is C14H20N2O3. The number of esters is 1. The molecule has 5 nitrogen and oxygen atoms in total. The zero-order valence-electron chi connectivity index (χ0n) is 11.1. The summed E-state index contributed by atoms with van der Waals surface area (Å²) < 4.78 is 4.72. The fraction of sp³-hybridized carbons (Fsp3) is 0.429. The van der Waals surface area contributed by atoms with Gasteiger partial charge in [0.2, 0.25) is 5.91 Å². The molecule has 0 radical (unpaired) electrons. The van der Waals surface area contributed by atoms with E-state index in [1.54, 1.807) is 12.1 Å². The summed E-state index contributed by atoms with van der Waals surface area (Å²) in [6.07, 6.45) is 1.87. The van der Waals surface area contributed by atoms with Gasteiger partial charge in [-0.05, 0) is 24.9 Å². The van der Waals surface area contributed by atoms with Crippen LogP contribution >= 0.6 is 0 Å². The van der Waals surface area contributed by atoms with Crippen molar-refractivity contribution in [2.45, 2.75) is 25.3 Å². The Morgan fingerprint density at radius 1 is 1.26 bits per heavy atom. The van der Waals surface area contributed by atoms with E-state index in [1.165, 1.54) is 7.11 Å². The average Bonchev–Trinajstić information content (AvgIpc) is 2.45. The summed E-state index contributed by atoms with van der Waals surface area (Å²) in [7, 11) is 1.30. The highest BCUT2D eigenvalue weighted by molar-refractivity contribution is 5.85. The van der Waals surface area contributed by atoms with Gasteiger partial charge in [-0.1, -0.05) is 30.3 Å². The fourth-order valence-corrected chi connectivity index (χ4v) is 1.70. The van der Waals surface area contributed by atoms with Gasteiger partial charge >= 0.3 is 5.97 Å². The molecule has 3 N–H and O–H groups in total. The molecule has 19 heavy (non-hydrogen) atoms. The van der Waals surface area contributed by atoms with Crippen LogP contribution in [0.4, 0.5) is 0 Å². The molecule has 5 heteroatoms. The van der Waals surface area contributed by atoms with Crippen molar-refractivity contribution in [1.82, 2.24) is 5.32 Å². The van der Waals surface area contributed by atoms with Crippen molar-refractivity contribution in [2.75, 3.05) is 13.7 Å². The number of hydrogen-bond donors (Lipinski definition) is 2. The Morgan fingerprint density at radius 2 is 1.95 bits per heavy atom. The monoisotopic (exact) mass is 264 g/mol. The molecule has 1 aromatic rings. The van der Waals surface area contributed by atoms with Crippen LogP contribution in [0, 0.1) is 0 Å². The van der Waals surface area contributed by atoms with Crippen LogP contribution < -0.4 is 11.1 Å². The number of unbranched alkanes of at least 4 members (excludes halogenated alkanes) is 1. The van der Waals surface area contributed by atoms with E-state index >= 15 is 0 Å².